The standard InChI is InChI=1S/C18H20BrCl/c1-3-4-5-14-7-9-15(10-8-14)18(20)17-12-16(19)11-6-13(17)2/h6-12,18H,3-5H2,1-2H3. The van der Waals surface area contributed by atoms with Crippen molar-refractivity contribution in [2.75, 3.05) is 0 Å². The quantitative estimate of drug-likeness (QED) is 0.545. The molecule has 0 aromatic heterocycles. The third-order valence-electron chi connectivity index (χ3n) is 3.61. The van der Waals surface area contributed by atoms with Gasteiger partial charge in [-0.05, 0) is 54.2 Å². The number of alkyl halides is 1. The molecule has 2 heteroatoms. The van der Waals surface area contributed by atoms with Gasteiger partial charge in [0.1, 0.15) is 0 Å². The summed E-state index contributed by atoms with van der Waals surface area (Å²) in [6, 6.07) is 15.0. The van der Waals surface area contributed by atoms with Crippen molar-refractivity contribution in [2.24, 2.45) is 0 Å². The second kappa shape index (κ2) is 7.28. The van der Waals surface area contributed by atoms with Gasteiger partial charge in [0.2, 0.25) is 0 Å². The number of rotatable bonds is 5. The summed E-state index contributed by atoms with van der Waals surface area (Å²) in [4.78, 5) is 0. The maximum atomic E-state index is 6.64. The lowest BCUT2D eigenvalue weighted by Gasteiger charge is -2.14. The van der Waals surface area contributed by atoms with Crippen LogP contribution < -0.4 is 0 Å². The van der Waals surface area contributed by atoms with Crippen LogP contribution in [0.3, 0.4) is 0 Å². The van der Waals surface area contributed by atoms with Crippen LogP contribution in [0, 0.1) is 6.92 Å². The Morgan fingerprint density at radius 1 is 1.10 bits per heavy atom. The maximum Gasteiger partial charge on any atom is 0.0838 e. The minimum absolute atomic E-state index is 0.0901. The van der Waals surface area contributed by atoms with E-state index in [1.165, 1.54) is 29.5 Å². The molecule has 0 spiro atoms. The lowest BCUT2D eigenvalue weighted by atomic mass is 9.98. The van der Waals surface area contributed by atoms with Crippen LogP contribution in [-0.4, -0.2) is 0 Å². The van der Waals surface area contributed by atoms with E-state index in [2.05, 4.69) is 72.2 Å². The molecule has 0 bridgehead atoms. The van der Waals surface area contributed by atoms with Gasteiger partial charge in [-0.15, -0.1) is 11.6 Å². The normalized spacial score (nSPS) is 12.4. The van der Waals surface area contributed by atoms with Gasteiger partial charge in [-0.25, -0.2) is 0 Å². The molecule has 1 atom stereocenters. The minimum Gasteiger partial charge on any atom is -0.113 e. The highest BCUT2D eigenvalue weighted by Gasteiger charge is 2.13. The molecule has 0 amide bonds. The van der Waals surface area contributed by atoms with Crippen molar-refractivity contribution in [1.82, 2.24) is 0 Å². The van der Waals surface area contributed by atoms with E-state index in [4.69, 9.17) is 11.6 Å². The second-order valence-electron chi connectivity index (χ2n) is 5.21. The highest BCUT2D eigenvalue weighted by molar-refractivity contribution is 9.10. The van der Waals surface area contributed by atoms with Crippen molar-refractivity contribution >= 4 is 27.5 Å². The first-order chi connectivity index (χ1) is 9.61. The molecule has 0 aliphatic carbocycles. The van der Waals surface area contributed by atoms with Gasteiger partial charge in [0.05, 0.1) is 5.38 Å². The lowest BCUT2D eigenvalue weighted by molar-refractivity contribution is 0.794. The molecule has 0 radical (unpaired) electrons. The van der Waals surface area contributed by atoms with Crippen molar-refractivity contribution < 1.29 is 0 Å². The molecule has 0 heterocycles. The summed E-state index contributed by atoms with van der Waals surface area (Å²) in [5, 5.41) is -0.0901. The second-order valence-corrected chi connectivity index (χ2v) is 6.56. The summed E-state index contributed by atoms with van der Waals surface area (Å²) < 4.78 is 1.07. The zero-order valence-electron chi connectivity index (χ0n) is 12.0. The summed E-state index contributed by atoms with van der Waals surface area (Å²) >= 11 is 10.2. The third kappa shape index (κ3) is 3.86. The first-order valence-electron chi connectivity index (χ1n) is 7.10. The minimum atomic E-state index is -0.0901. The zero-order valence-corrected chi connectivity index (χ0v) is 14.3. The van der Waals surface area contributed by atoms with Gasteiger partial charge in [0, 0.05) is 4.47 Å². The van der Waals surface area contributed by atoms with E-state index in [-0.39, 0.29) is 5.38 Å². The number of hydrogen-bond donors (Lipinski definition) is 0. The van der Waals surface area contributed by atoms with Gasteiger partial charge < -0.3 is 0 Å². The van der Waals surface area contributed by atoms with Crippen LogP contribution in [0.5, 0.6) is 0 Å². The van der Waals surface area contributed by atoms with Crippen LogP contribution in [0.15, 0.2) is 46.9 Å². The molecule has 0 nitrogen and oxygen atoms in total. The molecule has 0 N–H and O–H groups in total. The van der Waals surface area contributed by atoms with E-state index in [0.29, 0.717) is 0 Å². The number of aryl methyl sites for hydroxylation is 2. The topological polar surface area (TPSA) is 0 Å². The molecule has 2 rings (SSSR count). The first-order valence-corrected chi connectivity index (χ1v) is 8.33. The Bertz CT molecular complexity index is 560. The van der Waals surface area contributed by atoms with Crippen LogP contribution >= 0.6 is 27.5 Å². The van der Waals surface area contributed by atoms with E-state index in [9.17, 15) is 0 Å². The molecule has 0 saturated carbocycles. The number of halogens is 2. The summed E-state index contributed by atoms with van der Waals surface area (Å²) in [5.41, 5.74) is 4.95. The maximum absolute atomic E-state index is 6.64. The fraction of sp³-hybridized carbons (Fsp3) is 0.333. The van der Waals surface area contributed by atoms with Gasteiger partial charge in [-0.1, -0.05) is 59.6 Å². The summed E-state index contributed by atoms with van der Waals surface area (Å²) in [5.74, 6) is 0. The van der Waals surface area contributed by atoms with Crippen molar-refractivity contribution in [3.05, 3.63) is 69.2 Å². The smallest absolute Gasteiger partial charge is 0.0838 e. The van der Waals surface area contributed by atoms with Gasteiger partial charge in [-0.3, -0.25) is 0 Å². The van der Waals surface area contributed by atoms with Crippen molar-refractivity contribution in [2.45, 2.75) is 38.5 Å². The van der Waals surface area contributed by atoms with Gasteiger partial charge in [-0.2, -0.15) is 0 Å². The number of benzene rings is 2. The van der Waals surface area contributed by atoms with Crippen LogP contribution in [0.4, 0.5) is 0 Å². The Morgan fingerprint density at radius 3 is 2.45 bits per heavy atom. The van der Waals surface area contributed by atoms with E-state index in [1.54, 1.807) is 0 Å². The average molecular weight is 352 g/mol. The Morgan fingerprint density at radius 2 is 1.80 bits per heavy atom. The van der Waals surface area contributed by atoms with Gasteiger partial charge in [0.15, 0.2) is 0 Å². The molecule has 0 aliphatic heterocycles. The molecule has 106 valence electrons. The average Bonchev–Trinajstić information content (AvgIpc) is 2.47. The largest absolute Gasteiger partial charge is 0.113 e. The van der Waals surface area contributed by atoms with Crippen LogP contribution in [0.25, 0.3) is 0 Å². The molecular formula is C18H20BrCl. The molecule has 2 aromatic carbocycles. The molecule has 20 heavy (non-hydrogen) atoms. The molecule has 0 saturated heterocycles. The third-order valence-corrected chi connectivity index (χ3v) is 4.59. The fourth-order valence-corrected chi connectivity index (χ4v) is 3.06. The van der Waals surface area contributed by atoms with E-state index < -0.39 is 0 Å². The molecular weight excluding hydrogens is 332 g/mol. The Hall–Kier alpha value is -0.790. The number of unbranched alkanes of at least 4 members (excludes halogenated alkanes) is 1. The zero-order chi connectivity index (χ0) is 14.5. The van der Waals surface area contributed by atoms with E-state index in [1.807, 2.05) is 0 Å². The van der Waals surface area contributed by atoms with Crippen LogP contribution in [-0.2, 0) is 6.42 Å². The Kier molecular flexibility index (Phi) is 5.68. The SMILES string of the molecule is CCCCc1ccc(C(Cl)c2cc(Br)ccc2C)cc1. The predicted molar refractivity (Wildman–Crippen MR) is 91.6 cm³/mol. The predicted octanol–water partition coefficient (Wildman–Crippen LogP) is 6.43. The monoisotopic (exact) mass is 350 g/mol. The van der Waals surface area contributed by atoms with Crippen LogP contribution in [0.2, 0.25) is 0 Å². The summed E-state index contributed by atoms with van der Waals surface area (Å²) in [6.07, 6.45) is 3.63. The van der Waals surface area contributed by atoms with E-state index >= 15 is 0 Å². The van der Waals surface area contributed by atoms with Crippen molar-refractivity contribution in [3.63, 3.8) is 0 Å². The summed E-state index contributed by atoms with van der Waals surface area (Å²) in [7, 11) is 0. The van der Waals surface area contributed by atoms with Gasteiger partial charge >= 0.3 is 0 Å². The molecule has 0 aliphatic rings. The van der Waals surface area contributed by atoms with Crippen molar-refractivity contribution in [1.29, 1.82) is 0 Å². The van der Waals surface area contributed by atoms with E-state index in [0.717, 1.165) is 16.5 Å². The van der Waals surface area contributed by atoms with Gasteiger partial charge in [0.25, 0.3) is 0 Å². The van der Waals surface area contributed by atoms with Crippen molar-refractivity contribution in [3.8, 4) is 0 Å². The highest BCUT2D eigenvalue weighted by atomic mass is 79.9. The highest BCUT2D eigenvalue weighted by Crippen LogP contribution is 2.32. The lowest BCUT2D eigenvalue weighted by Crippen LogP contribution is -1.97. The first kappa shape index (κ1) is 15.6. The fourth-order valence-electron chi connectivity index (χ4n) is 2.30. The Labute approximate surface area is 135 Å². The summed E-state index contributed by atoms with van der Waals surface area (Å²) in [6.45, 7) is 4.33. The van der Waals surface area contributed by atoms with Crippen LogP contribution in [0.1, 0.15) is 47.4 Å². The molecule has 0 fully saturated rings. The molecule has 2 aromatic rings. The molecule has 1 unspecified atom stereocenters. The Balaban J connectivity index is 2.20. The number of hydrogen-bond acceptors (Lipinski definition) is 0.